The number of ether oxygens (including phenoxy) is 1. The third-order valence-electron chi connectivity index (χ3n) is 5.73. The highest BCUT2D eigenvalue weighted by atomic mass is 35.5. The van der Waals surface area contributed by atoms with Crippen molar-refractivity contribution >= 4 is 35.0 Å². The molecule has 1 N–H and O–H groups in total. The summed E-state index contributed by atoms with van der Waals surface area (Å²) in [7, 11) is 0. The maximum atomic E-state index is 13.5. The maximum Gasteiger partial charge on any atom is 0.261 e. The van der Waals surface area contributed by atoms with Crippen molar-refractivity contribution in [3.8, 4) is 5.75 Å². The number of nitrogens with one attached hydrogen (secondary N) is 1. The monoisotopic (exact) mass is 512 g/mol. The number of benzene rings is 3. The van der Waals surface area contributed by atoms with Crippen LogP contribution in [-0.4, -0.2) is 35.4 Å². The van der Waals surface area contributed by atoms with Crippen LogP contribution in [0.3, 0.4) is 0 Å². The van der Waals surface area contributed by atoms with Crippen LogP contribution in [0, 0.1) is 0 Å². The number of halogens is 2. The number of carbonyl (C=O) groups is 2. The number of nitrogens with zero attached hydrogens (tertiary/aromatic N) is 1. The largest absolute Gasteiger partial charge is 0.482 e. The summed E-state index contributed by atoms with van der Waals surface area (Å²) in [6.45, 7) is 3.93. The fraction of sp³-hybridized carbons (Fsp3) is 0.286. The Balaban J connectivity index is 1.91. The van der Waals surface area contributed by atoms with Gasteiger partial charge in [0.15, 0.2) is 6.61 Å². The molecule has 0 aliphatic heterocycles. The summed E-state index contributed by atoms with van der Waals surface area (Å²) < 4.78 is 5.74. The van der Waals surface area contributed by atoms with Crippen molar-refractivity contribution < 1.29 is 14.3 Å². The van der Waals surface area contributed by atoms with Gasteiger partial charge in [-0.05, 0) is 48.7 Å². The predicted molar refractivity (Wildman–Crippen MR) is 141 cm³/mol. The van der Waals surface area contributed by atoms with E-state index in [0.29, 0.717) is 22.2 Å². The first kappa shape index (κ1) is 26.6. The zero-order valence-corrected chi connectivity index (χ0v) is 21.4. The van der Waals surface area contributed by atoms with Gasteiger partial charge in [0.25, 0.3) is 5.91 Å². The Morgan fingerprint density at radius 2 is 1.57 bits per heavy atom. The summed E-state index contributed by atoms with van der Waals surface area (Å²) in [4.78, 5) is 28.6. The molecule has 0 saturated heterocycles. The van der Waals surface area contributed by atoms with E-state index in [1.54, 1.807) is 41.3 Å². The van der Waals surface area contributed by atoms with Crippen LogP contribution in [-0.2, 0) is 22.6 Å². The zero-order chi connectivity index (χ0) is 25.2. The molecule has 0 aliphatic carbocycles. The molecule has 0 fully saturated rings. The lowest BCUT2D eigenvalue weighted by Gasteiger charge is -2.32. The molecule has 3 aromatic carbocycles. The molecule has 3 rings (SSSR count). The van der Waals surface area contributed by atoms with Crippen LogP contribution >= 0.6 is 23.2 Å². The lowest BCUT2D eigenvalue weighted by molar-refractivity contribution is -0.143. The van der Waals surface area contributed by atoms with Crippen LogP contribution in [0.1, 0.15) is 31.4 Å². The van der Waals surface area contributed by atoms with Gasteiger partial charge in [-0.1, -0.05) is 84.7 Å². The Morgan fingerprint density at radius 3 is 2.23 bits per heavy atom. The molecule has 0 aromatic heterocycles. The van der Waals surface area contributed by atoms with Crippen LogP contribution in [0.4, 0.5) is 0 Å². The first-order valence-corrected chi connectivity index (χ1v) is 12.4. The highest BCUT2D eigenvalue weighted by Gasteiger charge is 2.31. The van der Waals surface area contributed by atoms with Gasteiger partial charge in [0, 0.05) is 24.0 Å². The van der Waals surface area contributed by atoms with E-state index in [-0.39, 0.29) is 31.0 Å². The average molecular weight is 513 g/mol. The van der Waals surface area contributed by atoms with Crippen molar-refractivity contribution in [1.82, 2.24) is 10.2 Å². The SMILES string of the molecule is CC[C@@H](C)NC(=O)[C@@H](Cc1ccccc1)N(Cc1ccc(Cl)cc1)C(=O)COc1ccccc1Cl. The number of rotatable bonds is 11. The molecule has 0 spiro atoms. The number of para-hydroxylation sites is 1. The smallest absolute Gasteiger partial charge is 0.261 e. The van der Waals surface area contributed by atoms with E-state index in [1.165, 1.54) is 0 Å². The predicted octanol–water partition coefficient (Wildman–Crippen LogP) is 5.93. The molecule has 3 aromatic rings. The van der Waals surface area contributed by atoms with Gasteiger partial charge in [0.05, 0.1) is 5.02 Å². The summed E-state index contributed by atoms with van der Waals surface area (Å²) in [5, 5.41) is 4.06. The summed E-state index contributed by atoms with van der Waals surface area (Å²) >= 11 is 12.3. The quantitative estimate of drug-likeness (QED) is 0.346. The van der Waals surface area contributed by atoms with Gasteiger partial charge >= 0.3 is 0 Å². The van der Waals surface area contributed by atoms with Gasteiger partial charge in [0.1, 0.15) is 11.8 Å². The molecule has 0 aliphatic rings. The summed E-state index contributed by atoms with van der Waals surface area (Å²) in [5.74, 6) is -0.110. The second kappa shape index (κ2) is 13.2. The molecule has 0 unspecified atom stereocenters. The van der Waals surface area contributed by atoms with Crippen LogP contribution in [0.25, 0.3) is 0 Å². The van der Waals surface area contributed by atoms with Gasteiger partial charge in [-0.25, -0.2) is 0 Å². The zero-order valence-electron chi connectivity index (χ0n) is 19.9. The number of hydrogen-bond acceptors (Lipinski definition) is 3. The molecule has 7 heteroatoms. The fourth-order valence-electron chi connectivity index (χ4n) is 3.57. The van der Waals surface area contributed by atoms with E-state index in [1.807, 2.05) is 56.3 Å². The highest BCUT2D eigenvalue weighted by Crippen LogP contribution is 2.24. The fourth-order valence-corrected chi connectivity index (χ4v) is 3.88. The van der Waals surface area contributed by atoms with Crippen molar-refractivity contribution in [2.75, 3.05) is 6.61 Å². The Labute approximate surface area is 217 Å². The van der Waals surface area contributed by atoms with E-state index in [4.69, 9.17) is 27.9 Å². The molecule has 0 radical (unpaired) electrons. The Morgan fingerprint density at radius 1 is 0.914 bits per heavy atom. The highest BCUT2D eigenvalue weighted by molar-refractivity contribution is 6.32. The Hall–Kier alpha value is -3.02. The van der Waals surface area contributed by atoms with E-state index in [9.17, 15) is 9.59 Å². The lowest BCUT2D eigenvalue weighted by Crippen LogP contribution is -2.53. The minimum Gasteiger partial charge on any atom is -0.482 e. The maximum absolute atomic E-state index is 13.5. The van der Waals surface area contributed by atoms with Gasteiger partial charge in [0.2, 0.25) is 5.91 Å². The van der Waals surface area contributed by atoms with Crippen molar-refractivity contribution in [1.29, 1.82) is 0 Å². The van der Waals surface area contributed by atoms with Gasteiger partial charge in [-0.2, -0.15) is 0 Å². The number of hydrogen-bond donors (Lipinski definition) is 1. The molecular weight excluding hydrogens is 483 g/mol. The molecule has 0 saturated carbocycles. The Bertz CT molecular complexity index is 1110. The van der Waals surface area contributed by atoms with E-state index in [2.05, 4.69) is 5.32 Å². The van der Waals surface area contributed by atoms with Crippen LogP contribution < -0.4 is 10.1 Å². The second-order valence-electron chi connectivity index (χ2n) is 8.39. The average Bonchev–Trinajstić information content (AvgIpc) is 2.87. The summed E-state index contributed by atoms with van der Waals surface area (Å²) in [6.07, 6.45) is 1.15. The normalized spacial score (nSPS) is 12.5. The lowest BCUT2D eigenvalue weighted by atomic mass is 10.0. The van der Waals surface area contributed by atoms with Crippen LogP contribution in [0.5, 0.6) is 5.75 Å². The Kier molecular flexibility index (Phi) is 10.0. The third kappa shape index (κ3) is 8.01. The topological polar surface area (TPSA) is 58.6 Å². The standard InChI is InChI=1S/C28H30Cl2N2O3/c1-3-20(2)31-28(34)25(17-21-9-5-4-6-10-21)32(18-22-13-15-23(29)16-14-22)27(33)19-35-26-12-8-7-11-24(26)30/h4-16,20,25H,3,17-19H2,1-2H3,(H,31,34)/t20-,25-/m1/s1. The van der Waals surface area contributed by atoms with Crippen molar-refractivity contribution in [2.45, 2.75) is 45.3 Å². The molecule has 5 nitrogen and oxygen atoms in total. The van der Waals surface area contributed by atoms with E-state index < -0.39 is 6.04 Å². The molecule has 0 bridgehead atoms. The molecule has 2 amide bonds. The third-order valence-corrected chi connectivity index (χ3v) is 6.29. The van der Waals surface area contributed by atoms with Gasteiger partial charge < -0.3 is 15.0 Å². The number of amides is 2. The summed E-state index contributed by atoms with van der Waals surface area (Å²) in [6, 6.07) is 23.1. The molecule has 184 valence electrons. The number of carbonyl (C=O) groups excluding carboxylic acids is 2. The van der Waals surface area contributed by atoms with Crippen LogP contribution in [0.2, 0.25) is 10.0 Å². The van der Waals surface area contributed by atoms with Crippen molar-refractivity contribution in [3.63, 3.8) is 0 Å². The van der Waals surface area contributed by atoms with E-state index in [0.717, 1.165) is 17.5 Å². The molecular formula is C28H30Cl2N2O3. The first-order chi connectivity index (χ1) is 16.9. The van der Waals surface area contributed by atoms with Crippen molar-refractivity contribution in [3.05, 3.63) is 100 Å². The minimum atomic E-state index is -0.732. The molecule has 0 heterocycles. The van der Waals surface area contributed by atoms with Gasteiger partial charge in [-0.15, -0.1) is 0 Å². The summed E-state index contributed by atoms with van der Waals surface area (Å²) in [5.41, 5.74) is 1.81. The van der Waals surface area contributed by atoms with Crippen LogP contribution in [0.15, 0.2) is 78.9 Å². The minimum absolute atomic E-state index is 0.0207. The molecule has 35 heavy (non-hydrogen) atoms. The second-order valence-corrected chi connectivity index (χ2v) is 9.23. The molecule has 2 atom stereocenters. The first-order valence-electron chi connectivity index (χ1n) is 11.6. The van der Waals surface area contributed by atoms with Gasteiger partial charge in [-0.3, -0.25) is 9.59 Å². The van der Waals surface area contributed by atoms with E-state index >= 15 is 0 Å². The van der Waals surface area contributed by atoms with Crippen molar-refractivity contribution in [2.24, 2.45) is 0 Å².